The maximum Gasteiger partial charge on any atom is 0.161 e. The molecule has 3 heteroatoms. The predicted molar refractivity (Wildman–Crippen MR) is 182 cm³/mol. The molecule has 0 saturated carbocycles. The van der Waals surface area contributed by atoms with Crippen molar-refractivity contribution in [2.24, 2.45) is 0 Å². The molecule has 8 rings (SSSR count). The molecule has 2 heterocycles. The largest absolute Gasteiger partial charge is 0.247 e. The third kappa shape index (κ3) is 4.71. The Kier molecular flexibility index (Phi) is 6.47. The van der Waals surface area contributed by atoms with Crippen LogP contribution in [0.5, 0.6) is 0 Å². The maximum absolute atomic E-state index is 5.35. The molecule has 0 aliphatic rings. The molecule has 0 saturated heterocycles. The van der Waals surface area contributed by atoms with Gasteiger partial charge in [-0.15, -0.1) is 0 Å². The van der Waals surface area contributed by atoms with Crippen LogP contribution in [-0.2, 0) is 0 Å². The minimum Gasteiger partial charge on any atom is -0.247 e. The zero-order valence-corrected chi connectivity index (χ0v) is 23.9. The molecule has 8 aromatic rings. The van der Waals surface area contributed by atoms with Gasteiger partial charge in [0.15, 0.2) is 5.82 Å². The topological polar surface area (TPSA) is 38.7 Å². The van der Waals surface area contributed by atoms with E-state index in [0.717, 1.165) is 66.8 Å². The molecule has 0 spiro atoms. The standard InChI is InChI=1S/C41H27N3/c1-4-14-28(15-5-1)36-26-39(42-40-32-21-11-10-16-29(32)24-25-34(36)40)33-22-12-13-23-35(33)41-43-37(30-17-6-2-7-18-30)27-38(44-41)31-19-8-3-9-20-31/h1-27H. The summed E-state index contributed by atoms with van der Waals surface area (Å²) in [6, 6.07) is 56.6. The number of benzene rings is 6. The lowest BCUT2D eigenvalue weighted by Crippen LogP contribution is -1.98. The molecule has 3 nitrogen and oxygen atoms in total. The highest BCUT2D eigenvalue weighted by Crippen LogP contribution is 2.38. The van der Waals surface area contributed by atoms with Gasteiger partial charge < -0.3 is 0 Å². The Bertz CT molecular complexity index is 2200. The summed E-state index contributed by atoms with van der Waals surface area (Å²) < 4.78 is 0. The van der Waals surface area contributed by atoms with Crippen molar-refractivity contribution in [3.63, 3.8) is 0 Å². The predicted octanol–water partition coefficient (Wildman–Crippen LogP) is 10.5. The average Bonchev–Trinajstić information content (AvgIpc) is 3.12. The first-order valence-corrected chi connectivity index (χ1v) is 14.8. The minimum atomic E-state index is 0.668. The van der Waals surface area contributed by atoms with Gasteiger partial charge in [-0.2, -0.15) is 0 Å². The number of hydrogen-bond acceptors (Lipinski definition) is 3. The van der Waals surface area contributed by atoms with E-state index in [-0.39, 0.29) is 0 Å². The normalized spacial score (nSPS) is 11.2. The lowest BCUT2D eigenvalue weighted by Gasteiger charge is -2.15. The second kappa shape index (κ2) is 11.0. The minimum absolute atomic E-state index is 0.668. The van der Waals surface area contributed by atoms with E-state index in [1.54, 1.807) is 0 Å². The number of aromatic nitrogens is 3. The molecule has 2 aromatic heterocycles. The van der Waals surface area contributed by atoms with Crippen LogP contribution in [0.1, 0.15) is 0 Å². The van der Waals surface area contributed by atoms with Crippen molar-refractivity contribution in [2.75, 3.05) is 0 Å². The Balaban J connectivity index is 1.39. The summed E-state index contributed by atoms with van der Waals surface area (Å²) in [7, 11) is 0. The van der Waals surface area contributed by atoms with Crippen molar-refractivity contribution in [3.05, 3.63) is 164 Å². The Morgan fingerprint density at radius 1 is 0.318 bits per heavy atom. The van der Waals surface area contributed by atoms with Crippen LogP contribution in [-0.4, -0.2) is 15.0 Å². The SMILES string of the molecule is c1ccc(-c2cc(-c3ccccc3)nc(-c3ccccc3-c3cc(-c4ccccc4)c4ccc5ccccc5c4n3)n2)cc1. The molecule has 0 amide bonds. The molecular formula is C41H27N3. The van der Waals surface area contributed by atoms with E-state index in [4.69, 9.17) is 15.0 Å². The van der Waals surface area contributed by atoms with E-state index in [2.05, 4.69) is 121 Å². The number of pyridine rings is 1. The van der Waals surface area contributed by atoms with Crippen molar-refractivity contribution in [2.45, 2.75) is 0 Å². The second-order valence-electron chi connectivity index (χ2n) is 10.8. The summed E-state index contributed by atoms with van der Waals surface area (Å²) >= 11 is 0. The van der Waals surface area contributed by atoms with Crippen molar-refractivity contribution in [1.29, 1.82) is 0 Å². The highest BCUT2D eigenvalue weighted by molar-refractivity contribution is 6.11. The van der Waals surface area contributed by atoms with Gasteiger partial charge in [0.25, 0.3) is 0 Å². The van der Waals surface area contributed by atoms with Crippen molar-refractivity contribution in [3.8, 4) is 56.3 Å². The number of fused-ring (bicyclic) bond motifs is 3. The third-order valence-electron chi connectivity index (χ3n) is 8.10. The summed E-state index contributed by atoms with van der Waals surface area (Å²) in [4.78, 5) is 15.6. The van der Waals surface area contributed by atoms with E-state index in [9.17, 15) is 0 Å². The summed E-state index contributed by atoms with van der Waals surface area (Å²) in [5.41, 5.74) is 9.96. The first kappa shape index (κ1) is 25.8. The van der Waals surface area contributed by atoms with E-state index in [1.165, 1.54) is 5.39 Å². The molecular weight excluding hydrogens is 534 g/mol. The molecule has 0 fully saturated rings. The highest BCUT2D eigenvalue weighted by Gasteiger charge is 2.18. The van der Waals surface area contributed by atoms with Crippen molar-refractivity contribution < 1.29 is 0 Å². The summed E-state index contributed by atoms with van der Waals surface area (Å²) in [5.74, 6) is 0.668. The molecule has 0 radical (unpaired) electrons. The Morgan fingerprint density at radius 3 is 1.52 bits per heavy atom. The van der Waals surface area contributed by atoms with E-state index in [0.29, 0.717) is 5.82 Å². The zero-order chi connectivity index (χ0) is 29.3. The average molecular weight is 562 g/mol. The summed E-state index contributed by atoms with van der Waals surface area (Å²) in [5, 5.41) is 3.43. The fourth-order valence-electron chi connectivity index (χ4n) is 5.94. The first-order chi connectivity index (χ1) is 21.8. The summed E-state index contributed by atoms with van der Waals surface area (Å²) in [6.07, 6.45) is 0. The van der Waals surface area contributed by atoms with Crippen LogP contribution in [0.3, 0.4) is 0 Å². The van der Waals surface area contributed by atoms with Crippen LogP contribution in [0.25, 0.3) is 78.0 Å². The Hall–Kier alpha value is -5.93. The van der Waals surface area contributed by atoms with Gasteiger partial charge >= 0.3 is 0 Å². The van der Waals surface area contributed by atoms with Gasteiger partial charge in [-0.1, -0.05) is 152 Å². The van der Waals surface area contributed by atoms with Gasteiger partial charge in [0, 0.05) is 33.0 Å². The maximum atomic E-state index is 5.35. The zero-order valence-electron chi connectivity index (χ0n) is 23.9. The van der Waals surface area contributed by atoms with Crippen LogP contribution in [0.2, 0.25) is 0 Å². The number of hydrogen-bond donors (Lipinski definition) is 0. The van der Waals surface area contributed by atoms with Crippen LogP contribution < -0.4 is 0 Å². The van der Waals surface area contributed by atoms with Gasteiger partial charge in [-0.3, -0.25) is 0 Å². The molecule has 0 bridgehead atoms. The quantitative estimate of drug-likeness (QED) is 0.196. The monoisotopic (exact) mass is 561 g/mol. The molecule has 6 aromatic carbocycles. The third-order valence-corrected chi connectivity index (χ3v) is 8.10. The molecule has 0 aliphatic carbocycles. The molecule has 206 valence electrons. The summed E-state index contributed by atoms with van der Waals surface area (Å²) in [6.45, 7) is 0. The Labute approximate surface area is 256 Å². The smallest absolute Gasteiger partial charge is 0.161 e. The lowest BCUT2D eigenvalue weighted by atomic mass is 9.94. The molecule has 0 atom stereocenters. The van der Waals surface area contributed by atoms with Gasteiger partial charge in [0.05, 0.1) is 22.6 Å². The van der Waals surface area contributed by atoms with Crippen LogP contribution in [0.15, 0.2) is 164 Å². The number of rotatable bonds is 5. The fraction of sp³-hybridized carbons (Fsp3) is 0. The van der Waals surface area contributed by atoms with Gasteiger partial charge in [-0.25, -0.2) is 15.0 Å². The van der Waals surface area contributed by atoms with E-state index >= 15 is 0 Å². The molecule has 0 N–H and O–H groups in total. The van der Waals surface area contributed by atoms with Crippen molar-refractivity contribution >= 4 is 21.7 Å². The fourth-order valence-corrected chi connectivity index (χ4v) is 5.94. The second-order valence-corrected chi connectivity index (χ2v) is 10.8. The highest BCUT2D eigenvalue weighted by atomic mass is 14.9. The molecule has 0 aliphatic heterocycles. The van der Waals surface area contributed by atoms with Gasteiger partial charge in [0.1, 0.15) is 0 Å². The number of nitrogens with zero attached hydrogens (tertiary/aromatic N) is 3. The molecule has 44 heavy (non-hydrogen) atoms. The Morgan fingerprint density at radius 2 is 0.864 bits per heavy atom. The van der Waals surface area contributed by atoms with Crippen LogP contribution in [0, 0.1) is 0 Å². The van der Waals surface area contributed by atoms with Gasteiger partial charge in [-0.05, 0) is 28.6 Å². The molecule has 0 unspecified atom stereocenters. The van der Waals surface area contributed by atoms with Crippen LogP contribution in [0.4, 0.5) is 0 Å². The van der Waals surface area contributed by atoms with Crippen LogP contribution >= 0.6 is 0 Å². The van der Waals surface area contributed by atoms with E-state index in [1.807, 2.05) is 42.5 Å². The van der Waals surface area contributed by atoms with Crippen molar-refractivity contribution in [1.82, 2.24) is 15.0 Å². The van der Waals surface area contributed by atoms with Gasteiger partial charge in [0.2, 0.25) is 0 Å². The first-order valence-electron chi connectivity index (χ1n) is 14.8. The van der Waals surface area contributed by atoms with E-state index < -0.39 is 0 Å². The lowest BCUT2D eigenvalue weighted by molar-refractivity contribution is 1.18.